The fraction of sp³-hybridized carbons (Fsp3) is 0.333. The first-order valence-corrected chi connectivity index (χ1v) is 7.79. The Hall–Kier alpha value is -1.72. The molecule has 3 rings (SSSR count). The lowest BCUT2D eigenvalue weighted by Crippen LogP contribution is -2.23. The van der Waals surface area contributed by atoms with Crippen LogP contribution in [0.5, 0.6) is 0 Å². The van der Waals surface area contributed by atoms with E-state index in [1.807, 2.05) is 23.1 Å². The van der Waals surface area contributed by atoms with Crippen LogP contribution in [0.15, 0.2) is 42.3 Å². The lowest BCUT2D eigenvalue weighted by Gasteiger charge is -2.17. The predicted molar refractivity (Wildman–Crippen MR) is 82.0 cm³/mol. The van der Waals surface area contributed by atoms with Crippen molar-refractivity contribution in [2.24, 2.45) is 0 Å². The van der Waals surface area contributed by atoms with Crippen molar-refractivity contribution in [2.75, 3.05) is 6.54 Å². The van der Waals surface area contributed by atoms with Crippen LogP contribution in [-0.2, 0) is 6.42 Å². The minimum atomic E-state index is 0.287. The predicted octanol–water partition coefficient (Wildman–Crippen LogP) is 3.07. The van der Waals surface area contributed by atoms with E-state index in [0.717, 1.165) is 24.9 Å². The molecule has 5 heteroatoms. The highest BCUT2D eigenvalue weighted by Crippen LogP contribution is 2.24. The van der Waals surface area contributed by atoms with Gasteiger partial charge in [0.1, 0.15) is 0 Å². The van der Waals surface area contributed by atoms with Crippen molar-refractivity contribution >= 4 is 16.9 Å². The van der Waals surface area contributed by atoms with Gasteiger partial charge in [0.15, 0.2) is 0 Å². The number of hydrogen-bond donors (Lipinski definition) is 1. The Kier molecular flexibility index (Phi) is 4.08. The van der Waals surface area contributed by atoms with Gasteiger partial charge in [-0.3, -0.25) is 4.98 Å². The van der Waals surface area contributed by atoms with E-state index in [0.29, 0.717) is 0 Å². The van der Waals surface area contributed by atoms with Crippen LogP contribution in [-0.4, -0.2) is 21.1 Å². The van der Waals surface area contributed by atoms with Crippen LogP contribution < -0.4 is 5.32 Å². The van der Waals surface area contributed by atoms with E-state index in [9.17, 15) is 0 Å². The molecule has 1 atom stereocenters. The average molecular weight is 286 g/mol. The third-order valence-corrected chi connectivity index (χ3v) is 4.25. The Bertz CT molecular complexity index is 659. The lowest BCUT2D eigenvalue weighted by atomic mass is 10.0. The van der Waals surface area contributed by atoms with Crippen LogP contribution in [0.1, 0.15) is 29.8 Å². The summed E-state index contributed by atoms with van der Waals surface area (Å²) >= 11 is 1.80. The van der Waals surface area contributed by atoms with E-state index in [4.69, 9.17) is 0 Å². The van der Waals surface area contributed by atoms with Crippen molar-refractivity contribution in [2.45, 2.75) is 25.8 Å². The molecule has 0 fully saturated rings. The molecule has 1 N–H and O–H groups in total. The molecule has 0 saturated carbocycles. The summed E-state index contributed by atoms with van der Waals surface area (Å²) in [4.78, 5) is 5.61. The zero-order valence-electron chi connectivity index (χ0n) is 11.5. The van der Waals surface area contributed by atoms with Crippen molar-refractivity contribution in [3.8, 4) is 0 Å². The summed E-state index contributed by atoms with van der Waals surface area (Å²) in [5.74, 6) is 0. The van der Waals surface area contributed by atoms with E-state index < -0.39 is 0 Å². The molecule has 104 valence electrons. The van der Waals surface area contributed by atoms with Crippen molar-refractivity contribution in [3.63, 3.8) is 0 Å². The Morgan fingerprint density at radius 2 is 2.35 bits per heavy atom. The third kappa shape index (κ3) is 2.73. The number of aromatic nitrogens is 3. The maximum absolute atomic E-state index is 4.42. The van der Waals surface area contributed by atoms with Gasteiger partial charge in [0.2, 0.25) is 0 Å². The molecule has 3 aromatic rings. The Balaban J connectivity index is 1.91. The van der Waals surface area contributed by atoms with Crippen LogP contribution in [0.2, 0.25) is 0 Å². The molecule has 1 unspecified atom stereocenters. The fourth-order valence-electron chi connectivity index (χ4n) is 2.36. The number of nitrogens with one attached hydrogen (secondary N) is 1. The highest BCUT2D eigenvalue weighted by molar-refractivity contribution is 7.09. The highest BCUT2D eigenvalue weighted by Gasteiger charge is 2.17. The average Bonchev–Trinajstić information content (AvgIpc) is 3.12. The summed E-state index contributed by atoms with van der Waals surface area (Å²) in [5, 5.41) is 10.2. The third-order valence-electron chi connectivity index (χ3n) is 3.36. The summed E-state index contributed by atoms with van der Waals surface area (Å²) in [6.45, 7) is 3.19. The SMILES string of the molecule is CCCNC(Cc1cccs1)c1cnn2ccncc12. The maximum Gasteiger partial charge on any atom is 0.0892 e. The van der Waals surface area contributed by atoms with Gasteiger partial charge in [0, 0.05) is 35.3 Å². The second-order valence-electron chi connectivity index (χ2n) is 4.80. The van der Waals surface area contributed by atoms with Gasteiger partial charge in [-0.2, -0.15) is 5.10 Å². The monoisotopic (exact) mass is 286 g/mol. The minimum Gasteiger partial charge on any atom is -0.310 e. The minimum absolute atomic E-state index is 0.287. The first-order chi connectivity index (χ1) is 9.88. The Morgan fingerprint density at radius 1 is 1.40 bits per heavy atom. The number of hydrogen-bond acceptors (Lipinski definition) is 4. The van der Waals surface area contributed by atoms with Gasteiger partial charge in [0.25, 0.3) is 0 Å². The van der Waals surface area contributed by atoms with Gasteiger partial charge >= 0.3 is 0 Å². The normalized spacial score (nSPS) is 12.8. The fourth-order valence-corrected chi connectivity index (χ4v) is 3.11. The van der Waals surface area contributed by atoms with Gasteiger partial charge in [-0.25, -0.2) is 4.52 Å². The maximum atomic E-state index is 4.42. The summed E-state index contributed by atoms with van der Waals surface area (Å²) in [5.41, 5.74) is 2.30. The van der Waals surface area contributed by atoms with Crippen LogP contribution in [0, 0.1) is 0 Å². The Morgan fingerprint density at radius 3 is 3.15 bits per heavy atom. The molecule has 0 radical (unpaired) electrons. The van der Waals surface area contributed by atoms with Crippen molar-refractivity contribution in [1.82, 2.24) is 19.9 Å². The molecule has 0 aromatic carbocycles. The topological polar surface area (TPSA) is 42.2 Å². The van der Waals surface area contributed by atoms with Gasteiger partial charge < -0.3 is 5.32 Å². The summed E-state index contributed by atoms with van der Waals surface area (Å²) < 4.78 is 1.89. The second-order valence-corrected chi connectivity index (χ2v) is 5.83. The molecule has 0 aliphatic heterocycles. The molecule has 3 aromatic heterocycles. The zero-order chi connectivity index (χ0) is 13.8. The molecule has 20 heavy (non-hydrogen) atoms. The van der Waals surface area contributed by atoms with Crippen molar-refractivity contribution in [3.05, 3.63) is 52.7 Å². The number of nitrogens with zero attached hydrogens (tertiary/aromatic N) is 3. The van der Waals surface area contributed by atoms with Crippen molar-refractivity contribution in [1.29, 1.82) is 0 Å². The first kappa shape index (κ1) is 13.3. The van der Waals surface area contributed by atoms with E-state index in [2.05, 4.69) is 39.8 Å². The van der Waals surface area contributed by atoms with Crippen LogP contribution in [0.3, 0.4) is 0 Å². The number of rotatable bonds is 6. The quantitative estimate of drug-likeness (QED) is 0.757. The van der Waals surface area contributed by atoms with Gasteiger partial charge in [-0.05, 0) is 24.4 Å². The van der Waals surface area contributed by atoms with Crippen LogP contribution in [0.25, 0.3) is 5.52 Å². The van der Waals surface area contributed by atoms with Crippen molar-refractivity contribution < 1.29 is 0 Å². The summed E-state index contributed by atoms with van der Waals surface area (Å²) in [6.07, 6.45) is 9.61. The largest absolute Gasteiger partial charge is 0.310 e. The molecule has 3 heterocycles. The molecule has 0 bridgehead atoms. The molecule has 0 amide bonds. The molecule has 0 spiro atoms. The smallest absolute Gasteiger partial charge is 0.0892 e. The molecule has 0 saturated heterocycles. The molecule has 0 aliphatic rings. The van der Waals surface area contributed by atoms with Crippen LogP contribution >= 0.6 is 11.3 Å². The lowest BCUT2D eigenvalue weighted by molar-refractivity contribution is 0.535. The number of fused-ring (bicyclic) bond motifs is 1. The summed E-state index contributed by atoms with van der Waals surface area (Å²) in [7, 11) is 0. The Labute approximate surface area is 122 Å². The van der Waals surface area contributed by atoms with E-state index in [-0.39, 0.29) is 6.04 Å². The van der Waals surface area contributed by atoms with Gasteiger partial charge in [-0.1, -0.05) is 13.0 Å². The van der Waals surface area contributed by atoms with Crippen LogP contribution in [0.4, 0.5) is 0 Å². The van der Waals surface area contributed by atoms with E-state index >= 15 is 0 Å². The van der Waals surface area contributed by atoms with E-state index in [1.54, 1.807) is 17.5 Å². The van der Waals surface area contributed by atoms with E-state index in [1.165, 1.54) is 10.4 Å². The molecular weight excluding hydrogens is 268 g/mol. The summed E-state index contributed by atoms with van der Waals surface area (Å²) in [6, 6.07) is 4.58. The zero-order valence-corrected chi connectivity index (χ0v) is 12.3. The first-order valence-electron chi connectivity index (χ1n) is 6.91. The highest BCUT2D eigenvalue weighted by atomic mass is 32.1. The van der Waals surface area contributed by atoms with Gasteiger partial charge in [0.05, 0.1) is 17.9 Å². The molecular formula is C15H18N4S. The second kappa shape index (κ2) is 6.15. The molecule has 0 aliphatic carbocycles. The standard InChI is InChI=1S/C15H18N4S/c1-2-5-17-14(9-12-4-3-8-20-12)13-10-18-19-7-6-16-11-15(13)19/h3-4,6-8,10-11,14,17H,2,5,9H2,1H3. The number of thiophene rings is 1. The van der Waals surface area contributed by atoms with Gasteiger partial charge in [-0.15, -0.1) is 11.3 Å². The molecule has 4 nitrogen and oxygen atoms in total.